The van der Waals surface area contributed by atoms with E-state index in [1.54, 1.807) is 0 Å². The van der Waals surface area contributed by atoms with Gasteiger partial charge in [0.1, 0.15) is 5.82 Å². The molecule has 21 heavy (non-hydrogen) atoms. The molecule has 1 aliphatic rings. The Morgan fingerprint density at radius 3 is 3.05 bits per heavy atom. The number of hydrogen-bond acceptors (Lipinski definition) is 4. The summed E-state index contributed by atoms with van der Waals surface area (Å²) in [5.41, 5.74) is 1.25. The number of halogens is 1. The molecule has 1 saturated heterocycles. The fourth-order valence-corrected chi connectivity index (χ4v) is 2.92. The highest BCUT2D eigenvalue weighted by molar-refractivity contribution is 9.10. The maximum absolute atomic E-state index is 5.76. The minimum atomic E-state index is 0.320. The molecule has 1 aromatic heterocycles. The first-order valence-electron chi connectivity index (χ1n) is 7.81. The molecule has 1 aromatic rings. The number of ether oxygens (including phenoxy) is 1. The summed E-state index contributed by atoms with van der Waals surface area (Å²) >= 11 is 3.53. The second-order valence-electron chi connectivity index (χ2n) is 6.01. The molecular weight excluding hydrogens is 330 g/mol. The maximum atomic E-state index is 5.76. The lowest BCUT2D eigenvalue weighted by Crippen LogP contribution is -2.43. The second kappa shape index (κ2) is 8.11. The Bertz CT molecular complexity index is 453. The van der Waals surface area contributed by atoms with E-state index < -0.39 is 0 Å². The summed E-state index contributed by atoms with van der Waals surface area (Å²) in [6, 6.07) is 2.17. The molecule has 0 aliphatic carbocycles. The molecule has 0 spiro atoms. The first-order chi connectivity index (χ1) is 10.1. The van der Waals surface area contributed by atoms with Crippen LogP contribution >= 0.6 is 15.9 Å². The summed E-state index contributed by atoms with van der Waals surface area (Å²) in [7, 11) is 0. The maximum Gasteiger partial charge on any atom is 0.133 e. The van der Waals surface area contributed by atoms with Crippen molar-refractivity contribution in [1.82, 2.24) is 10.3 Å². The molecule has 0 amide bonds. The number of hydrogen-bond donors (Lipinski definition) is 1. The smallest absolute Gasteiger partial charge is 0.133 e. The zero-order chi connectivity index (χ0) is 15.2. The van der Waals surface area contributed by atoms with Crippen LogP contribution in [0.5, 0.6) is 0 Å². The minimum Gasteiger partial charge on any atom is -0.375 e. The van der Waals surface area contributed by atoms with Crippen LogP contribution in [0.15, 0.2) is 16.7 Å². The third-order valence-corrected chi connectivity index (χ3v) is 4.10. The Kier molecular flexibility index (Phi) is 6.45. The van der Waals surface area contributed by atoms with Crippen LogP contribution < -0.4 is 10.2 Å². The van der Waals surface area contributed by atoms with Crippen LogP contribution in [0.3, 0.4) is 0 Å². The number of aromatic nitrogens is 1. The van der Waals surface area contributed by atoms with Crippen LogP contribution in [-0.4, -0.2) is 37.3 Å². The zero-order valence-electron chi connectivity index (χ0n) is 13.2. The number of anilines is 1. The summed E-state index contributed by atoms with van der Waals surface area (Å²) < 4.78 is 6.80. The van der Waals surface area contributed by atoms with Gasteiger partial charge in [0.25, 0.3) is 0 Å². The first kappa shape index (κ1) is 16.7. The molecule has 1 aliphatic heterocycles. The van der Waals surface area contributed by atoms with Gasteiger partial charge in [0.2, 0.25) is 0 Å². The van der Waals surface area contributed by atoms with Gasteiger partial charge >= 0.3 is 0 Å². The Balaban J connectivity index is 2.10. The lowest BCUT2D eigenvalue weighted by Gasteiger charge is -2.34. The molecule has 4 nitrogen and oxygen atoms in total. The Hall–Kier alpha value is -0.650. The lowest BCUT2D eigenvalue weighted by molar-refractivity contribution is 0.0381. The highest BCUT2D eigenvalue weighted by Crippen LogP contribution is 2.24. The van der Waals surface area contributed by atoms with Crippen molar-refractivity contribution in [2.24, 2.45) is 5.92 Å². The minimum absolute atomic E-state index is 0.320. The largest absolute Gasteiger partial charge is 0.375 e. The average molecular weight is 356 g/mol. The third-order valence-electron chi connectivity index (χ3n) is 3.67. The van der Waals surface area contributed by atoms with Gasteiger partial charge in [-0.05, 0) is 40.9 Å². The van der Waals surface area contributed by atoms with Crippen LogP contribution in [0, 0.1) is 5.92 Å². The zero-order valence-corrected chi connectivity index (χ0v) is 14.8. The molecule has 1 fully saturated rings. The number of morpholine rings is 1. The van der Waals surface area contributed by atoms with Gasteiger partial charge < -0.3 is 15.0 Å². The normalized spacial score (nSPS) is 19.3. The first-order valence-corrected chi connectivity index (χ1v) is 8.61. The summed E-state index contributed by atoms with van der Waals surface area (Å²) in [5, 5.41) is 3.51. The van der Waals surface area contributed by atoms with Crippen molar-refractivity contribution in [3.8, 4) is 0 Å². The third kappa shape index (κ3) is 4.94. The molecule has 1 unspecified atom stereocenters. The monoisotopic (exact) mass is 355 g/mol. The van der Waals surface area contributed by atoms with Crippen LogP contribution in [0.25, 0.3) is 0 Å². The topological polar surface area (TPSA) is 37.4 Å². The van der Waals surface area contributed by atoms with Gasteiger partial charge in [-0.15, -0.1) is 0 Å². The number of pyridine rings is 1. The van der Waals surface area contributed by atoms with E-state index in [4.69, 9.17) is 4.74 Å². The molecule has 0 radical (unpaired) electrons. The number of nitrogens with zero attached hydrogens (tertiary/aromatic N) is 2. The highest BCUT2D eigenvalue weighted by Gasteiger charge is 2.22. The summed E-state index contributed by atoms with van der Waals surface area (Å²) in [6.45, 7) is 11.1. The van der Waals surface area contributed by atoms with Crippen LogP contribution in [0.4, 0.5) is 5.82 Å². The number of nitrogens with one attached hydrogen (secondary N) is 1. The second-order valence-corrected chi connectivity index (χ2v) is 6.92. The van der Waals surface area contributed by atoms with Crippen molar-refractivity contribution in [1.29, 1.82) is 0 Å². The predicted molar refractivity (Wildman–Crippen MR) is 90.7 cm³/mol. The fourth-order valence-electron chi connectivity index (χ4n) is 2.54. The molecular formula is C16H26BrN3O. The van der Waals surface area contributed by atoms with E-state index in [2.05, 4.69) is 58.0 Å². The van der Waals surface area contributed by atoms with E-state index in [0.717, 1.165) is 49.5 Å². The van der Waals surface area contributed by atoms with Crippen molar-refractivity contribution in [2.75, 3.05) is 31.1 Å². The molecule has 0 aromatic carbocycles. The summed E-state index contributed by atoms with van der Waals surface area (Å²) in [4.78, 5) is 7.01. The van der Waals surface area contributed by atoms with Gasteiger partial charge in [-0.25, -0.2) is 4.98 Å². The van der Waals surface area contributed by atoms with E-state index in [1.807, 2.05) is 6.20 Å². The van der Waals surface area contributed by atoms with Crippen molar-refractivity contribution in [3.05, 3.63) is 22.3 Å². The van der Waals surface area contributed by atoms with Crippen LogP contribution in [-0.2, 0) is 11.3 Å². The molecule has 1 N–H and O–H groups in total. The van der Waals surface area contributed by atoms with E-state index in [0.29, 0.717) is 12.0 Å². The van der Waals surface area contributed by atoms with Gasteiger partial charge in [-0.2, -0.15) is 0 Å². The molecule has 118 valence electrons. The standard InChI is InChI=1S/C16H26BrN3O/c1-4-15-11-20(5-6-21-15)16-13(7-14(17)10-19-16)9-18-8-12(2)3/h7,10,12,15,18H,4-6,8-9,11H2,1-3H3. The van der Waals surface area contributed by atoms with E-state index >= 15 is 0 Å². The number of rotatable bonds is 6. The predicted octanol–water partition coefficient (Wildman–Crippen LogP) is 3.20. The molecule has 2 heterocycles. The molecule has 0 saturated carbocycles. The van der Waals surface area contributed by atoms with E-state index in [-0.39, 0.29) is 0 Å². The van der Waals surface area contributed by atoms with Crippen LogP contribution in [0.2, 0.25) is 0 Å². The molecule has 5 heteroatoms. The SMILES string of the molecule is CCC1CN(c2ncc(Br)cc2CNCC(C)C)CCO1. The van der Waals surface area contributed by atoms with Crippen molar-refractivity contribution in [3.63, 3.8) is 0 Å². The molecule has 2 rings (SSSR count). The van der Waals surface area contributed by atoms with Crippen molar-refractivity contribution >= 4 is 21.7 Å². The van der Waals surface area contributed by atoms with E-state index in [1.165, 1.54) is 5.56 Å². The van der Waals surface area contributed by atoms with Gasteiger partial charge in [0.05, 0.1) is 12.7 Å². The van der Waals surface area contributed by atoms with Gasteiger partial charge in [-0.1, -0.05) is 20.8 Å². The quantitative estimate of drug-likeness (QED) is 0.849. The Morgan fingerprint density at radius 1 is 1.52 bits per heavy atom. The van der Waals surface area contributed by atoms with Crippen LogP contribution in [0.1, 0.15) is 32.8 Å². The van der Waals surface area contributed by atoms with Gasteiger partial charge in [0, 0.05) is 35.9 Å². The fraction of sp³-hybridized carbons (Fsp3) is 0.688. The summed E-state index contributed by atoms with van der Waals surface area (Å²) in [5.74, 6) is 1.75. The van der Waals surface area contributed by atoms with Gasteiger partial charge in [0.15, 0.2) is 0 Å². The van der Waals surface area contributed by atoms with E-state index in [9.17, 15) is 0 Å². The Morgan fingerprint density at radius 2 is 2.33 bits per heavy atom. The average Bonchev–Trinajstić information content (AvgIpc) is 2.47. The van der Waals surface area contributed by atoms with Crippen molar-refractivity contribution in [2.45, 2.75) is 39.8 Å². The molecule has 1 atom stereocenters. The summed E-state index contributed by atoms with van der Waals surface area (Å²) in [6.07, 6.45) is 3.26. The lowest BCUT2D eigenvalue weighted by atomic mass is 10.1. The highest BCUT2D eigenvalue weighted by atomic mass is 79.9. The Labute approximate surface area is 136 Å². The van der Waals surface area contributed by atoms with Crippen molar-refractivity contribution < 1.29 is 4.74 Å². The molecule has 0 bridgehead atoms. The van der Waals surface area contributed by atoms with Gasteiger partial charge in [-0.3, -0.25) is 0 Å².